The van der Waals surface area contributed by atoms with Crippen LogP contribution in [0.5, 0.6) is 0 Å². The lowest BCUT2D eigenvalue weighted by atomic mass is 10.2. The Balaban J connectivity index is 3.14. The van der Waals surface area contributed by atoms with Crippen molar-refractivity contribution in [3.63, 3.8) is 0 Å². The Labute approximate surface area is 98.8 Å². The van der Waals surface area contributed by atoms with E-state index in [1.165, 1.54) is 0 Å². The van der Waals surface area contributed by atoms with E-state index in [4.69, 9.17) is 21.1 Å². The summed E-state index contributed by atoms with van der Waals surface area (Å²) >= 11 is 5.62. The molecule has 0 aliphatic carbocycles. The van der Waals surface area contributed by atoms with E-state index in [1.807, 2.05) is 0 Å². The van der Waals surface area contributed by atoms with Crippen LogP contribution >= 0.6 is 11.6 Å². The minimum absolute atomic E-state index is 0.0104. The monoisotopic (exact) mass is 248 g/mol. The third-order valence-electron chi connectivity index (χ3n) is 1.98. The van der Waals surface area contributed by atoms with Crippen LogP contribution in [0.25, 0.3) is 0 Å². The molecule has 0 saturated carbocycles. The average molecular weight is 249 g/mol. The molecule has 0 bridgehead atoms. The maximum atomic E-state index is 13.6. The Kier molecular flexibility index (Phi) is 4.58. The first-order valence-electron chi connectivity index (χ1n) is 5.00. The normalized spacial score (nSPS) is 11.8. The van der Waals surface area contributed by atoms with Crippen molar-refractivity contribution in [2.75, 3.05) is 13.2 Å². The molecule has 1 rings (SSSR count). The SMILES string of the molecule is CCOC(C)(OCC)c1nc(Cl)ncc1F. The molecule has 6 heteroatoms. The van der Waals surface area contributed by atoms with Crippen LogP contribution in [0.3, 0.4) is 0 Å². The summed E-state index contributed by atoms with van der Waals surface area (Å²) in [6.45, 7) is 5.92. The second kappa shape index (κ2) is 5.52. The fourth-order valence-corrected chi connectivity index (χ4v) is 1.53. The second-order valence-electron chi connectivity index (χ2n) is 3.15. The molecule has 1 aromatic heterocycles. The highest BCUT2D eigenvalue weighted by Crippen LogP contribution is 2.27. The molecule has 0 aliphatic rings. The molecular weight excluding hydrogens is 235 g/mol. The van der Waals surface area contributed by atoms with E-state index < -0.39 is 11.6 Å². The Morgan fingerprint density at radius 3 is 2.44 bits per heavy atom. The summed E-state index contributed by atoms with van der Waals surface area (Å²) in [7, 11) is 0. The lowest BCUT2D eigenvalue weighted by Gasteiger charge is -2.28. The summed E-state index contributed by atoms with van der Waals surface area (Å²) in [6, 6.07) is 0. The zero-order valence-electron chi connectivity index (χ0n) is 9.46. The lowest BCUT2D eigenvalue weighted by Crippen LogP contribution is -2.32. The number of nitrogens with zero attached hydrogens (tertiary/aromatic N) is 2. The molecule has 0 atom stereocenters. The molecular formula is C10H14ClFN2O2. The lowest BCUT2D eigenvalue weighted by molar-refractivity contribution is -0.233. The van der Waals surface area contributed by atoms with Gasteiger partial charge in [-0.15, -0.1) is 0 Å². The van der Waals surface area contributed by atoms with Gasteiger partial charge in [-0.3, -0.25) is 0 Å². The van der Waals surface area contributed by atoms with Crippen LogP contribution in [-0.4, -0.2) is 23.2 Å². The van der Waals surface area contributed by atoms with Crippen LogP contribution in [0, 0.1) is 5.82 Å². The van der Waals surface area contributed by atoms with Gasteiger partial charge in [0.1, 0.15) is 5.69 Å². The summed E-state index contributed by atoms with van der Waals surface area (Å²) < 4.78 is 24.3. The number of hydrogen-bond acceptors (Lipinski definition) is 4. The number of ether oxygens (including phenoxy) is 2. The Hall–Kier alpha value is -0.780. The smallest absolute Gasteiger partial charge is 0.222 e. The van der Waals surface area contributed by atoms with Crippen molar-refractivity contribution < 1.29 is 13.9 Å². The highest BCUT2D eigenvalue weighted by molar-refractivity contribution is 6.28. The molecule has 0 radical (unpaired) electrons. The van der Waals surface area contributed by atoms with Gasteiger partial charge < -0.3 is 9.47 Å². The summed E-state index contributed by atoms with van der Waals surface area (Å²) in [6.07, 6.45) is 1.00. The van der Waals surface area contributed by atoms with Crippen LogP contribution in [0.1, 0.15) is 26.5 Å². The van der Waals surface area contributed by atoms with E-state index in [1.54, 1.807) is 20.8 Å². The number of halogens is 2. The first-order chi connectivity index (χ1) is 7.53. The standard InChI is InChI=1S/C10H14ClFN2O2/c1-4-15-10(3,16-5-2)8-7(12)6-13-9(11)14-8/h6H,4-5H2,1-3H3. The predicted octanol–water partition coefficient (Wildman–Crippen LogP) is 2.51. The van der Waals surface area contributed by atoms with Crippen molar-refractivity contribution in [3.8, 4) is 0 Å². The molecule has 4 nitrogen and oxygen atoms in total. The second-order valence-corrected chi connectivity index (χ2v) is 3.49. The molecule has 0 amide bonds. The molecule has 1 heterocycles. The molecule has 0 aliphatic heterocycles. The number of hydrogen-bond donors (Lipinski definition) is 0. The predicted molar refractivity (Wildman–Crippen MR) is 57.6 cm³/mol. The minimum Gasteiger partial charge on any atom is -0.345 e. The summed E-state index contributed by atoms with van der Waals surface area (Å²) in [5, 5.41) is -0.0398. The Morgan fingerprint density at radius 1 is 1.38 bits per heavy atom. The van der Waals surface area contributed by atoms with Gasteiger partial charge >= 0.3 is 0 Å². The molecule has 0 unspecified atom stereocenters. The van der Waals surface area contributed by atoms with Gasteiger partial charge in [0.05, 0.1) is 6.20 Å². The topological polar surface area (TPSA) is 44.2 Å². The van der Waals surface area contributed by atoms with Gasteiger partial charge in [0.25, 0.3) is 0 Å². The number of aromatic nitrogens is 2. The zero-order valence-corrected chi connectivity index (χ0v) is 10.2. The van der Waals surface area contributed by atoms with Gasteiger partial charge in [0.15, 0.2) is 5.82 Å². The summed E-state index contributed by atoms with van der Waals surface area (Å²) in [5.74, 6) is -1.84. The van der Waals surface area contributed by atoms with E-state index in [-0.39, 0.29) is 11.0 Å². The van der Waals surface area contributed by atoms with Gasteiger partial charge in [-0.2, -0.15) is 0 Å². The van der Waals surface area contributed by atoms with Crippen LogP contribution in [-0.2, 0) is 15.3 Å². The third-order valence-corrected chi connectivity index (χ3v) is 2.17. The molecule has 1 aromatic rings. The van der Waals surface area contributed by atoms with Gasteiger partial charge in [-0.05, 0) is 32.4 Å². The maximum absolute atomic E-state index is 13.6. The zero-order chi connectivity index (χ0) is 12.2. The van der Waals surface area contributed by atoms with Crippen molar-refractivity contribution in [2.24, 2.45) is 0 Å². The average Bonchev–Trinajstić information content (AvgIpc) is 2.22. The van der Waals surface area contributed by atoms with Crippen molar-refractivity contribution in [2.45, 2.75) is 26.6 Å². The fraction of sp³-hybridized carbons (Fsp3) is 0.600. The first kappa shape index (κ1) is 13.3. The third kappa shape index (κ3) is 2.87. The van der Waals surface area contributed by atoms with Crippen molar-refractivity contribution in [1.29, 1.82) is 0 Å². The largest absolute Gasteiger partial charge is 0.345 e. The summed E-state index contributed by atoms with van der Waals surface area (Å²) in [5.41, 5.74) is 0.0104. The Bertz CT molecular complexity index is 357. The molecule has 0 N–H and O–H groups in total. The van der Waals surface area contributed by atoms with E-state index >= 15 is 0 Å². The van der Waals surface area contributed by atoms with Crippen LogP contribution in [0.2, 0.25) is 5.28 Å². The van der Waals surface area contributed by atoms with Crippen LogP contribution in [0.15, 0.2) is 6.20 Å². The van der Waals surface area contributed by atoms with Gasteiger partial charge in [-0.25, -0.2) is 14.4 Å². The quantitative estimate of drug-likeness (QED) is 0.593. The van der Waals surface area contributed by atoms with E-state index in [9.17, 15) is 4.39 Å². The highest BCUT2D eigenvalue weighted by Gasteiger charge is 2.33. The molecule has 0 fully saturated rings. The summed E-state index contributed by atoms with van der Waals surface area (Å²) in [4.78, 5) is 7.35. The number of rotatable bonds is 5. The van der Waals surface area contributed by atoms with Gasteiger partial charge in [-0.1, -0.05) is 0 Å². The maximum Gasteiger partial charge on any atom is 0.222 e. The minimum atomic E-state index is -1.24. The van der Waals surface area contributed by atoms with Crippen LogP contribution in [0.4, 0.5) is 4.39 Å². The van der Waals surface area contributed by atoms with Crippen molar-refractivity contribution >= 4 is 11.6 Å². The van der Waals surface area contributed by atoms with Crippen molar-refractivity contribution in [1.82, 2.24) is 9.97 Å². The first-order valence-corrected chi connectivity index (χ1v) is 5.37. The van der Waals surface area contributed by atoms with Gasteiger partial charge in [0.2, 0.25) is 11.1 Å². The Morgan fingerprint density at radius 2 is 1.94 bits per heavy atom. The van der Waals surface area contributed by atoms with Crippen molar-refractivity contribution in [3.05, 3.63) is 23.0 Å². The molecule has 0 spiro atoms. The van der Waals surface area contributed by atoms with Crippen LogP contribution < -0.4 is 0 Å². The van der Waals surface area contributed by atoms with E-state index in [0.717, 1.165) is 6.20 Å². The molecule has 90 valence electrons. The molecule has 0 aromatic carbocycles. The molecule has 0 saturated heterocycles. The fourth-order valence-electron chi connectivity index (χ4n) is 1.39. The van der Waals surface area contributed by atoms with E-state index in [2.05, 4.69) is 9.97 Å². The van der Waals surface area contributed by atoms with E-state index in [0.29, 0.717) is 13.2 Å². The highest BCUT2D eigenvalue weighted by atomic mass is 35.5. The molecule has 16 heavy (non-hydrogen) atoms. The van der Waals surface area contributed by atoms with Gasteiger partial charge in [0, 0.05) is 13.2 Å².